The third kappa shape index (κ3) is 3.35. The number of hydrogen-bond donors (Lipinski definition) is 0. The Morgan fingerprint density at radius 1 is 1.00 bits per heavy atom. The van der Waals surface area contributed by atoms with E-state index in [9.17, 15) is 4.79 Å². The summed E-state index contributed by atoms with van der Waals surface area (Å²) < 4.78 is 2.27. The van der Waals surface area contributed by atoms with Crippen LogP contribution in [-0.2, 0) is 11.3 Å². The predicted molar refractivity (Wildman–Crippen MR) is 114 cm³/mol. The van der Waals surface area contributed by atoms with Gasteiger partial charge in [-0.15, -0.1) is 10.2 Å². The SMILES string of the molecule is O=C(CSc1nnc(C2CC2)n1Cc1ccccc1)C12CC3CC(CC(C3)C1)C2. The lowest BCUT2D eigenvalue weighted by molar-refractivity contribution is -0.141. The highest BCUT2D eigenvalue weighted by Crippen LogP contribution is 2.60. The molecule has 1 aromatic carbocycles. The van der Waals surface area contributed by atoms with Crippen LogP contribution in [0.5, 0.6) is 0 Å². The molecule has 4 bridgehead atoms. The van der Waals surface area contributed by atoms with Crippen LogP contribution < -0.4 is 0 Å². The van der Waals surface area contributed by atoms with Crippen LogP contribution in [0.1, 0.15) is 68.7 Å². The number of benzene rings is 1. The lowest BCUT2D eigenvalue weighted by atomic mass is 9.48. The Hall–Kier alpha value is -1.62. The monoisotopic (exact) mass is 407 g/mol. The van der Waals surface area contributed by atoms with Crippen LogP contribution in [0.2, 0.25) is 0 Å². The van der Waals surface area contributed by atoms with Gasteiger partial charge in [-0.1, -0.05) is 42.1 Å². The van der Waals surface area contributed by atoms with Crippen LogP contribution >= 0.6 is 11.8 Å². The molecule has 0 amide bonds. The van der Waals surface area contributed by atoms with Gasteiger partial charge in [-0.25, -0.2) is 0 Å². The highest BCUT2D eigenvalue weighted by Gasteiger charge is 2.54. The fraction of sp³-hybridized carbons (Fsp3) is 0.625. The minimum atomic E-state index is -0.00858. The van der Waals surface area contributed by atoms with Crippen molar-refractivity contribution in [2.24, 2.45) is 23.2 Å². The molecule has 2 aromatic rings. The number of nitrogens with zero attached hydrogens (tertiary/aromatic N) is 3. The zero-order chi connectivity index (χ0) is 19.4. The lowest BCUT2D eigenvalue weighted by Gasteiger charge is -2.56. The highest BCUT2D eigenvalue weighted by atomic mass is 32.2. The van der Waals surface area contributed by atoms with Crippen molar-refractivity contribution in [1.82, 2.24) is 14.8 Å². The molecular formula is C24H29N3OS. The van der Waals surface area contributed by atoms with Gasteiger partial charge in [-0.05, 0) is 74.7 Å². The van der Waals surface area contributed by atoms with E-state index in [0.717, 1.165) is 54.5 Å². The summed E-state index contributed by atoms with van der Waals surface area (Å²) in [5.41, 5.74) is 1.26. The summed E-state index contributed by atoms with van der Waals surface area (Å²) in [6.07, 6.45) is 10.0. The van der Waals surface area contributed by atoms with Crippen LogP contribution in [0, 0.1) is 23.2 Å². The van der Waals surface area contributed by atoms with Gasteiger partial charge in [-0.3, -0.25) is 4.79 Å². The molecule has 1 aromatic heterocycles. The molecule has 5 saturated carbocycles. The van der Waals surface area contributed by atoms with Crippen molar-refractivity contribution >= 4 is 17.5 Å². The molecular weight excluding hydrogens is 378 g/mol. The van der Waals surface area contributed by atoms with Crippen molar-refractivity contribution in [3.05, 3.63) is 41.7 Å². The van der Waals surface area contributed by atoms with Gasteiger partial charge in [0.2, 0.25) is 0 Å². The Morgan fingerprint density at radius 3 is 2.28 bits per heavy atom. The quantitative estimate of drug-likeness (QED) is 0.601. The summed E-state index contributed by atoms with van der Waals surface area (Å²) in [6.45, 7) is 0.799. The molecule has 0 aliphatic heterocycles. The van der Waals surface area contributed by atoms with E-state index < -0.39 is 0 Å². The van der Waals surface area contributed by atoms with Crippen molar-refractivity contribution in [3.63, 3.8) is 0 Å². The third-order valence-corrected chi connectivity index (χ3v) is 8.80. The van der Waals surface area contributed by atoms with E-state index >= 15 is 0 Å². The van der Waals surface area contributed by atoms with Crippen LogP contribution in [-0.4, -0.2) is 26.3 Å². The highest BCUT2D eigenvalue weighted by molar-refractivity contribution is 7.99. The van der Waals surface area contributed by atoms with Gasteiger partial charge in [0.15, 0.2) is 5.16 Å². The number of carbonyl (C=O) groups excluding carboxylic acids is 1. The normalized spacial score (nSPS) is 32.6. The molecule has 0 spiro atoms. The zero-order valence-electron chi connectivity index (χ0n) is 16.9. The fourth-order valence-corrected chi connectivity index (χ4v) is 7.68. The molecule has 5 aliphatic rings. The van der Waals surface area contributed by atoms with E-state index in [0.29, 0.717) is 17.5 Å². The van der Waals surface area contributed by atoms with E-state index in [1.54, 1.807) is 11.8 Å². The van der Waals surface area contributed by atoms with E-state index in [4.69, 9.17) is 0 Å². The Bertz CT molecular complexity index is 882. The average molecular weight is 408 g/mol. The molecule has 0 radical (unpaired) electrons. The van der Waals surface area contributed by atoms with Crippen molar-refractivity contribution in [2.75, 3.05) is 5.75 Å². The Labute approximate surface area is 176 Å². The average Bonchev–Trinajstić information content (AvgIpc) is 3.48. The molecule has 0 saturated heterocycles. The first-order chi connectivity index (χ1) is 14.2. The van der Waals surface area contributed by atoms with Gasteiger partial charge in [0.05, 0.1) is 12.3 Å². The second kappa shape index (κ2) is 6.97. The van der Waals surface area contributed by atoms with Gasteiger partial charge in [0, 0.05) is 11.3 Å². The molecule has 4 nitrogen and oxygen atoms in total. The number of rotatable bonds is 7. The maximum absolute atomic E-state index is 13.4. The number of Topliss-reactive ketones (excluding diaryl/α,β-unsaturated/α-hetero) is 1. The number of hydrogen-bond acceptors (Lipinski definition) is 4. The van der Waals surface area contributed by atoms with Crippen LogP contribution in [0.15, 0.2) is 35.5 Å². The second-order valence-corrected chi connectivity index (χ2v) is 11.0. The summed E-state index contributed by atoms with van der Waals surface area (Å²) in [5, 5.41) is 9.97. The molecule has 5 heteroatoms. The molecule has 5 fully saturated rings. The van der Waals surface area contributed by atoms with E-state index in [1.165, 1.54) is 37.7 Å². The third-order valence-electron chi connectivity index (χ3n) is 7.83. The molecule has 29 heavy (non-hydrogen) atoms. The molecule has 5 aliphatic carbocycles. The first kappa shape index (κ1) is 18.2. The smallest absolute Gasteiger partial charge is 0.191 e. The van der Waals surface area contributed by atoms with E-state index in [1.807, 2.05) is 0 Å². The van der Waals surface area contributed by atoms with Gasteiger partial charge < -0.3 is 4.57 Å². The van der Waals surface area contributed by atoms with E-state index in [2.05, 4.69) is 45.1 Å². The standard InChI is InChI=1S/C24H29N3OS/c28-21(24-11-17-8-18(12-24)10-19(9-17)13-24)15-29-23-26-25-22(20-6-7-20)27(23)14-16-4-2-1-3-5-16/h1-5,17-20H,6-15H2. The molecule has 0 N–H and O–H groups in total. The van der Waals surface area contributed by atoms with Gasteiger partial charge in [-0.2, -0.15) is 0 Å². The van der Waals surface area contributed by atoms with Crippen molar-refractivity contribution in [1.29, 1.82) is 0 Å². The maximum Gasteiger partial charge on any atom is 0.191 e. The molecule has 7 rings (SSSR count). The zero-order valence-corrected chi connectivity index (χ0v) is 17.7. The second-order valence-electron chi connectivity index (χ2n) is 10.1. The Kier molecular flexibility index (Phi) is 4.37. The molecule has 0 unspecified atom stereocenters. The predicted octanol–water partition coefficient (Wildman–Crippen LogP) is 5.08. The lowest BCUT2D eigenvalue weighted by Crippen LogP contribution is -2.50. The Balaban J connectivity index is 1.20. The summed E-state index contributed by atoms with van der Waals surface area (Å²) in [7, 11) is 0. The summed E-state index contributed by atoms with van der Waals surface area (Å²) in [4.78, 5) is 13.4. The maximum atomic E-state index is 13.4. The molecule has 1 heterocycles. The first-order valence-electron chi connectivity index (χ1n) is 11.3. The summed E-state index contributed by atoms with van der Waals surface area (Å²) in [5.74, 6) is 5.17. The van der Waals surface area contributed by atoms with Gasteiger partial charge in [0.1, 0.15) is 11.6 Å². The number of thioether (sulfide) groups is 1. The van der Waals surface area contributed by atoms with E-state index in [-0.39, 0.29) is 5.41 Å². The molecule has 0 atom stereocenters. The van der Waals surface area contributed by atoms with Crippen LogP contribution in [0.3, 0.4) is 0 Å². The van der Waals surface area contributed by atoms with Crippen molar-refractivity contribution in [3.8, 4) is 0 Å². The fourth-order valence-electron chi connectivity index (χ4n) is 6.70. The topological polar surface area (TPSA) is 47.8 Å². The first-order valence-corrected chi connectivity index (χ1v) is 12.3. The number of carbonyl (C=O) groups is 1. The number of ketones is 1. The van der Waals surface area contributed by atoms with Gasteiger partial charge in [0.25, 0.3) is 0 Å². The minimum Gasteiger partial charge on any atom is -0.301 e. The Morgan fingerprint density at radius 2 is 1.66 bits per heavy atom. The minimum absolute atomic E-state index is 0.00858. The van der Waals surface area contributed by atoms with Crippen molar-refractivity contribution in [2.45, 2.75) is 69.0 Å². The number of aromatic nitrogens is 3. The summed E-state index contributed by atoms with van der Waals surface area (Å²) >= 11 is 1.63. The van der Waals surface area contributed by atoms with Crippen LogP contribution in [0.25, 0.3) is 0 Å². The largest absolute Gasteiger partial charge is 0.301 e. The van der Waals surface area contributed by atoms with Crippen molar-refractivity contribution < 1.29 is 4.79 Å². The van der Waals surface area contributed by atoms with Crippen LogP contribution in [0.4, 0.5) is 0 Å². The molecule has 152 valence electrons. The van der Waals surface area contributed by atoms with Gasteiger partial charge >= 0.3 is 0 Å². The summed E-state index contributed by atoms with van der Waals surface area (Å²) in [6, 6.07) is 10.5.